The number of hydrogen-bond acceptors (Lipinski definition) is 3. The molecule has 3 rings (SSSR count). The number of aromatic amines is 1. The van der Waals surface area contributed by atoms with Crippen molar-refractivity contribution in [2.45, 2.75) is 13.1 Å². The molecular weight excluding hydrogens is 371 g/mol. The van der Waals surface area contributed by atoms with Crippen LogP contribution in [0.4, 0.5) is 27.6 Å². The first-order valence-electron chi connectivity index (χ1n) is 7.51. The van der Waals surface area contributed by atoms with Gasteiger partial charge in [-0.05, 0) is 13.0 Å². The highest BCUT2D eigenvalue weighted by molar-refractivity contribution is 6.03. The Morgan fingerprint density at radius 1 is 1.22 bits per heavy atom. The van der Waals surface area contributed by atoms with Gasteiger partial charge >= 0.3 is 6.18 Å². The number of carbonyl (C=O) groups is 1. The van der Waals surface area contributed by atoms with Crippen LogP contribution >= 0.6 is 0 Å². The second kappa shape index (κ2) is 6.78. The van der Waals surface area contributed by atoms with E-state index >= 15 is 0 Å². The number of pyridine rings is 1. The second-order valence-corrected chi connectivity index (χ2v) is 5.58. The van der Waals surface area contributed by atoms with Crippen LogP contribution in [0.5, 0.6) is 0 Å². The maximum atomic E-state index is 14.3. The molecule has 2 N–H and O–H groups in total. The summed E-state index contributed by atoms with van der Waals surface area (Å²) in [6, 6.07) is 2.94. The van der Waals surface area contributed by atoms with E-state index in [-0.39, 0.29) is 11.1 Å². The summed E-state index contributed by atoms with van der Waals surface area (Å²) >= 11 is 0. The minimum absolute atomic E-state index is 0.0204. The molecule has 0 fully saturated rings. The lowest BCUT2D eigenvalue weighted by molar-refractivity contribution is -0.140. The molecule has 10 heteroatoms. The summed E-state index contributed by atoms with van der Waals surface area (Å²) in [5.74, 6) is -2.67. The summed E-state index contributed by atoms with van der Waals surface area (Å²) in [6.07, 6.45) is -1.12. The van der Waals surface area contributed by atoms with Crippen LogP contribution in [0.3, 0.4) is 0 Å². The average Bonchev–Trinajstić information content (AvgIpc) is 3.07. The lowest BCUT2D eigenvalue weighted by Gasteiger charge is -2.14. The van der Waals surface area contributed by atoms with Crippen LogP contribution in [0.15, 0.2) is 30.6 Å². The number of nitrogens with zero attached hydrogens (tertiary/aromatic N) is 2. The number of alkyl halides is 3. The topological polar surface area (TPSA) is 70.7 Å². The zero-order valence-corrected chi connectivity index (χ0v) is 13.7. The van der Waals surface area contributed by atoms with Crippen molar-refractivity contribution in [2.75, 3.05) is 5.32 Å². The molecule has 0 aliphatic carbocycles. The van der Waals surface area contributed by atoms with Crippen molar-refractivity contribution in [3.8, 4) is 0 Å². The lowest BCUT2D eigenvalue weighted by atomic mass is 10.1. The standard InChI is InChI=1S/C17H11F5N4O/c1-8-11(18)7-23-16(17(20,21)22)14(8)25-12(27)5-4-9-2-3-10-6-24-26-15(10)13(9)19/h2-7H,1H3,(H,24,26)(H,25,27)/b5-4+. The van der Waals surface area contributed by atoms with Crippen molar-refractivity contribution < 1.29 is 26.7 Å². The minimum atomic E-state index is -4.89. The summed E-state index contributed by atoms with van der Waals surface area (Å²) in [7, 11) is 0. The number of nitrogens with one attached hydrogen (secondary N) is 2. The van der Waals surface area contributed by atoms with Crippen molar-refractivity contribution in [3.63, 3.8) is 0 Å². The van der Waals surface area contributed by atoms with Crippen molar-refractivity contribution in [1.29, 1.82) is 0 Å². The first-order valence-corrected chi connectivity index (χ1v) is 7.51. The Morgan fingerprint density at radius 3 is 2.67 bits per heavy atom. The van der Waals surface area contributed by atoms with Crippen molar-refractivity contribution in [1.82, 2.24) is 15.2 Å². The van der Waals surface area contributed by atoms with E-state index in [0.29, 0.717) is 11.6 Å². The number of carbonyl (C=O) groups excluding carboxylic acids is 1. The van der Waals surface area contributed by atoms with Gasteiger partial charge < -0.3 is 5.32 Å². The van der Waals surface area contributed by atoms with E-state index < -0.39 is 40.7 Å². The third-order valence-electron chi connectivity index (χ3n) is 3.79. The molecule has 0 spiro atoms. The van der Waals surface area contributed by atoms with Gasteiger partial charge in [-0.2, -0.15) is 18.3 Å². The molecule has 0 aliphatic rings. The number of H-pyrrole nitrogens is 1. The van der Waals surface area contributed by atoms with Gasteiger partial charge in [0.15, 0.2) is 11.5 Å². The second-order valence-electron chi connectivity index (χ2n) is 5.58. The number of rotatable bonds is 3. The van der Waals surface area contributed by atoms with Crippen molar-refractivity contribution >= 4 is 28.6 Å². The summed E-state index contributed by atoms with van der Waals surface area (Å²) < 4.78 is 66.9. The van der Waals surface area contributed by atoms with Crippen LogP contribution in [-0.4, -0.2) is 21.1 Å². The van der Waals surface area contributed by atoms with Gasteiger partial charge in [-0.1, -0.05) is 12.1 Å². The molecule has 0 saturated heterocycles. The number of amides is 1. The van der Waals surface area contributed by atoms with Crippen LogP contribution in [0.2, 0.25) is 0 Å². The minimum Gasteiger partial charge on any atom is -0.320 e. The molecule has 0 bridgehead atoms. The predicted octanol–water partition coefficient (Wildman–Crippen LogP) is 4.22. The molecule has 1 amide bonds. The molecule has 0 radical (unpaired) electrons. The van der Waals surface area contributed by atoms with Gasteiger partial charge in [-0.3, -0.25) is 9.89 Å². The molecule has 0 atom stereocenters. The Bertz CT molecular complexity index is 1060. The Labute approximate surface area is 148 Å². The maximum Gasteiger partial charge on any atom is 0.435 e. The van der Waals surface area contributed by atoms with E-state index in [1.165, 1.54) is 12.3 Å². The summed E-state index contributed by atoms with van der Waals surface area (Å²) in [4.78, 5) is 15.0. The van der Waals surface area contributed by atoms with E-state index in [0.717, 1.165) is 19.1 Å². The first kappa shape index (κ1) is 18.5. The molecule has 2 heterocycles. The van der Waals surface area contributed by atoms with E-state index in [1.54, 1.807) is 6.07 Å². The summed E-state index contributed by atoms with van der Waals surface area (Å²) in [6.45, 7) is 1.08. The smallest absolute Gasteiger partial charge is 0.320 e. The Morgan fingerprint density at radius 2 is 1.96 bits per heavy atom. The molecule has 140 valence electrons. The first-order chi connectivity index (χ1) is 12.7. The van der Waals surface area contributed by atoms with Gasteiger partial charge in [0, 0.05) is 22.6 Å². The van der Waals surface area contributed by atoms with Gasteiger partial charge in [0.1, 0.15) is 11.3 Å². The number of halogens is 5. The lowest BCUT2D eigenvalue weighted by Crippen LogP contribution is -2.18. The van der Waals surface area contributed by atoms with Crippen LogP contribution in [0.25, 0.3) is 17.0 Å². The highest BCUT2D eigenvalue weighted by Gasteiger charge is 2.37. The van der Waals surface area contributed by atoms with Gasteiger partial charge in [0.05, 0.1) is 18.1 Å². The van der Waals surface area contributed by atoms with Crippen molar-refractivity contribution in [3.05, 3.63) is 59.1 Å². The molecule has 1 aromatic carbocycles. The molecule has 5 nitrogen and oxygen atoms in total. The van der Waals surface area contributed by atoms with Crippen LogP contribution < -0.4 is 5.32 Å². The monoisotopic (exact) mass is 382 g/mol. The van der Waals surface area contributed by atoms with Crippen LogP contribution in [0, 0.1) is 18.6 Å². The highest BCUT2D eigenvalue weighted by Crippen LogP contribution is 2.35. The zero-order chi connectivity index (χ0) is 19.8. The quantitative estimate of drug-likeness (QED) is 0.527. The third kappa shape index (κ3) is 3.64. The Kier molecular flexibility index (Phi) is 4.64. The van der Waals surface area contributed by atoms with Crippen LogP contribution in [-0.2, 0) is 11.0 Å². The largest absolute Gasteiger partial charge is 0.435 e. The molecular formula is C17H11F5N4O. The molecule has 0 unspecified atom stereocenters. The molecule has 3 aromatic rings. The van der Waals surface area contributed by atoms with Gasteiger partial charge in [0.25, 0.3) is 0 Å². The number of anilines is 1. The van der Waals surface area contributed by atoms with Gasteiger partial charge in [0.2, 0.25) is 5.91 Å². The number of fused-ring (bicyclic) bond motifs is 1. The van der Waals surface area contributed by atoms with Crippen LogP contribution in [0.1, 0.15) is 16.8 Å². The maximum absolute atomic E-state index is 14.3. The Hall–Kier alpha value is -3.30. The normalized spacial score (nSPS) is 12.1. The van der Waals surface area contributed by atoms with E-state index in [1.807, 2.05) is 5.32 Å². The summed E-state index contributed by atoms with van der Waals surface area (Å²) in [5, 5.41) is 8.62. The highest BCUT2D eigenvalue weighted by atomic mass is 19.4. The molecule has 2 aromatic heterocycles. The fourth-order valence-electron chi connectivity index (χ4n) is 2.40. The van der Waals surface area contributed by atoms with Crippen molar-refractivity contribution in [2.24, 2.45) is 0 Å². The van der Waals surface area contributed by atoms with Gasteiger partial charge in [-0.15, -0.1) is 0 Å². The number of benzene rings is 1. The third-order valence-corrected chi connectivity index (χ3v) is 3.79. The van der Waals surface area contributed by atoms with E-state index in [9.17, 15) is 26.7 Å². The summed E-state index contributed by atoms with van der Waals surface area (Å²) in [5.41, 5.74) is -2.48. The Balaban J connectivity index is 1.88. The fourth-order valence-corrected chi connectivity index (χ4v) is 2.40. The zero-order valence-electron chi connectivity index (χ0n) is 13.7. The average molecular weight is 382 g/mol. The number of aromatic nitrogens is 3. The molecule has 0 aliphatic heterocycles. The van der Waals surface area contributed by atoms with E-state index in [4.69, 9.17) is 0 Å². The SMILES string of the molecule is Cc1c(F)cnc(C(F)(F)F)c1NC(=O)/C=C/c1ccc2cn[nH]c2c1F. The number of hydrogen-bond donors (Lipinski definition) is 2. The fraction of sp³-hybridized carbons (Fsp3) is 0.118. The molecule has 0 saturated carbocycles. The molecule has 27 heavy (non-hydrogen) atoms. The predicted molar refractivity (Wildman–Crippen MR) is 87.6 cm³/mol. The van der Waals surface area contributed by atoms with E-state index in [2.05, 4.69) is 15.2 Å². The van der Waals surface area contributed by atoms with Gasteiger partial charge in [-0.25, -0.2) is 13.8 Å².